The van der Waals surface area contributed by atoms with Gasteiger partial charge in [0.05, 0.1) is 6.04 Å². The number of amidine groups is 1. The van der Waals surface area contributed by atoms with Gasteiger partial charge in [0.25, 0.3) is 0 Å². The lowest BCUT2D eigenvalue weighted by molar-refractivity contribution is 0.268. The van der Waals surface area contributed by atoms with E-state index in [9.17, 15) is 0 Å². The Labute approximate surface area is 213 Å². The van der Waals surface area contributed by atoms with Crippen molar-refractivity contribution < 1.29 is 4.74 Å². The first-order valence-electron chi connectivity index (χ1n) is 12.0. The van der Waals surface area contributed by atoms with Crippen LogP contribution in [-0.2, 0) is 0 Å². The molecule has 3 nitrogen and oxygen atoms in total. The third-order valence-corrected chi connectivity index (χ3v) is 8.83. The van der Waals surface area contributed by atoms with Gasteiger partial charge in [0.15, 0.2) is 5.84 Å². The minimum absolute atomic E-state index is 0.0108. The molecule has 0 N–H and O–H groups in total. The minimum Gasteiger partial charge on any atom is -0.485 e. The largest absolute Gasteiger partial charge is 0.485 e. The summed E-state index contributed by atoms with van der Waals surface area (Å²) in [5, 5.41) is 3.23. The Morgan fingerprint density at radius 1 is 0.971 bits per heavy atom. The highest BCUT2D eigenvalue weighted by molar-refractivity contribution is 7.25. The van der Waals surface area contributed by atoms with Gasteiger partial charge in [0.1, 0.15) is 17.0 Å². The molecule has 3 aromatic carbocycles. The fourth-order valence-corrected chi connectivity index (χ4v) is 6.70. The summed E-state index contributed by atoms with van der Waals surface area (Å²) in [5.41, 5.74) is 3.41. The van der Waals surface area contributed by atoms with Crippen molar-refractivity contribution in [2.24, 2.45) is 15.9 Å². The van der Waals surface area contributed by atoms with E-state index in [1.165, 1.54) is 31.3 Å². The molecule has 0 fully saturated rings. The van der Waals surface area contributed by atoms with Crippen molar-refractivity contribution in [3.8, 4) is 5.75 Å². The van der Waals surface area contributed by atoms with Crippen LogP contribution in [0.5, 0.6) is 5.75 Å². The lowest BCUT2D eigenvalue weighted by atomic mass is 9.89. The van der Waals surface area contributed by atoms with Crippen LogP contribution in [-0.4, -0.2) is 17.1 Å². The van der Waals surface area contributed by atoms with E-state index in [0.717, 1.165) is 17.7 Å². The summed E-state index contributed by atoms with van der Waals surface area (Å²) in [7, 11) is 0. The number of halogens is 1. The second kappa shape index (κ2) is 8.18. The Balaban J connectivity index is 1.27. The molecule has 7 rings (SSSR count). The third-order valence-electron chi connectivity index (χ3n) is 7.24. The van der Waals surface area contributed by atoms with Crippen LogP contribution in [0.2, 0.25) is 0 Å². The summed E-state index contributed by atoms with van der Waals surface area (Å²) >= 11 is 8.50. The van der Waals surface area contributed by atoms with Crippen LogP contribution < -0.4 is 4.74 Å². The maximum Gasteiger partial charge on any atom is 0.156 e. The highest BCUT2D eigenvalue weighted by Crippen LogP contribution is 2.43. The van der Waals surface area contributed by atoms with Crippen molar-refractivity contribution in [3.05, 3.63) is 102 Å². The molecule has 0 saturated heterocycles. The number of nitrogens with zero attached hydrogens (tertiary/aromatic N) is 2. The van der Waals surface area contributed by atoms with Gasteiger partial charge in [-0.05, 0) is 36.3 Å². The topological polar surface area (TPSA) is 34.0 Å². The van der Waals surface area contributed by atoms with Gasteiger partial charge in [-0.1, -0.05) is 79.2 Å². The first kappa shape index (κ1) is 21.1. The smallest absolute Gasteiger partial charge is 0.156 e. The van der Waals surface area contributed by atoms with E-state index in [0.29, 0.717) is 11.0 Å². The molecule has 0 saturated carbocycles. The lowest BCUT2D eigenvalue weighted by Crippen LogP contribution is -2.19. The number of aliphatic imine (C=N–C) groups is 2. The monoisotopic (exact) mass is 494 g/mol. The van der Waals surface area contributed by atoms with Crippen LogP contribution in [0.3, 0.4) is 0 Å². The molecule has 172 valence electrons. The van der Waals surface area contributed by atoms with Crippen LogP contribution in [0, 0.1) is 5.92 Å². The maximum absolute atomic E-state index is 6.66. The van der Waals surface area contributed by atoms with Crippen LogP contribution in [0.25, 0.3) is 20.2 Å². The van der Waals surface area contributed by atoms with E-state index in [2.05, 4.69) is 79.7 Å². The summed E-state index contributed by atoms with van der Waals surface area (Å²) in [6, 6.07) is 23.6. The highest BCUT2D eigenvalue weighted by atomic mass is 35.5. The second-order valence-electron chi connectivity index (χ2n) is 9.52. The Bertz CT molecular complexity index is 1610. The molecule has 35 heavy (non-hydrogen) atoms. The summed E-state index contributed by atoms with van der Waals surface area (Å²) in [6.07, 6.45) is 7.27. The molecule has 3 heterocycles. The summed E-state index contributed by atoms with van der Waals surface area (Å²) in [5.74, 6) is 2.01. The van der Waals surface area contributed by atoms with E-state index in [-0.39, 0.29) is 24.0 Å². The van der Waals surface area contributed by atoms with Crippen LogP contribution in [0.15, 0.2) is 101 Å². The molecule has 0 amide bonds. The zero-order chi connectivity index (χ0) is 23.5. The van der Waals surface area contributed by atoms with Crippen molar-refractivity contribution in [2.45, 2.75) is 31.4 Å². The van der Waals surface area contributed by atoms with Gasteiger partial charge >= 0.3 is 0 Å². The maximum atomic E-state index is 6.66. The molecule has 0 bridgehead atoms. The van der Waals surface area contributed by atoms with E-state index >= 15 is 0 Å². The van der Waals surface area contributed by atoms with Crippen molar-refractivity contribution in [1.82, 2.24) is 0 Å². The predicted molar refractivity (Wildman–Crippen MR) is 147 cm³/mol. The summed E-state index contributed by atoms with van der Waals surface area (Å²) in [4.78, 5) is 9.95. The van der Waals surface area contributed by atoms with Gasteiger partial charge < -0.3 is 4.74 Å². The van der Waals surface area contributed by atoms with Crippen LogP contribution >= 0.6 is 22.9 Å². The molecule has 1 aliphatic carbocycles. The van der Waals surface area contributed by atoms with Crippen molar-refractivity contribution in [1.29, 1.82) is 0 Å². The van der Waals surface area contributed by atoms with Crippen molar-refractivity contribution in [3.63, 3.8) is 0 Å². The summed E-state index contributed by atoms with van der Waals surface area (Å²) < 4.78 is 8.84. The molecule has 1 aromatic heterocycles. The zero-order valence-electron chi connectivity index (χ0n) is 19.2. The lowest BCUT2D eigenvalue weighted by Gasteiger charge is -2.19. The quantitative estimate of drug-likeness (QED) is 0.276. The third kappa shape index (κ3) is 3.55. The number of thiophene rings is 1. The van der Waals surface area contributed by atoms with Crippen molar-refractivity contribution in [2.75, 3.05) is 0 Å². The standard InChI is InChI=1S/C30H23ClN2OS/c1-17-14-24(18-10-13-23-22-7-3-5-9-27(22)35-28(23)16-18)32-30(33-29(17)31)19-11-12-21-20-6-2-4-8-25(20)34-26(21)15-19/h2-13,15-17,21,24,26H,14H2,1H3. The minimum atomic E-state index is -0.0434. The van der Waals surface area contributed by atoms with E-state index in [1.54, 1.807) is 0 Å². The van der Waals surface area contributed by atoms with E-state index in [1.807, 2.05) is 23.5 Å². The molecule has 5 heteroatoms. The summed E-state index contributed by atoms with van der Waals surface area (Å²) in [6.45, 7) is 2.13. The molecular formula is C30H23ClN2OS. The molecule has 4 unspecified atom stereocenters. The molecule has 4 atom stereocenters. The van der Waals surface area contributed by atoms with Crippen LogP contribution in [0.1, 0.15) is 36.4 Å². The SMILES string of the molecule is CC1CC(c2ccc3c(c2)sc2ccccc23)N=C(C2=CC3Oc4ccccc4C3C=C2)N=C1Cl. The Morgan fingerprint density at radius 2 is 1.80 bits per heavy atom. The molecule has 0 radical (unpaired) electrons. The first-order valence-corrected chi connectivity index (χ1v) is 13.2. The average molecular weight is 495 g/mol. The Hall–Kier alpha value is -3.21. The number of hydrogen-bond donors (Lipinski definition) is 0. The van der Waals surface area contributed by atoms with Gasteiger partial charge in [-0.15, -0.1) is 11.3 Å². The Kier molecular flexibility index (Phi) is 4.93. The molecule has 4 aromatic rings. The first-order chi connectivity index (χ1) is 17.1. The zero-order valence-corrected chi connectivity index (χ0v) is 20.8. The number of para-hydroxylation sites is 1. The van der Waals surface area contributed by atoms with Gasteiger partial charge in [-0.2, -0.15) is 0 Å². The van der Waals surface area contributed by atoms with E-state index < -0.39 is 0 Å². The van der Waals surface area contributed by atoms with Gasteiger partial charge in [0.2, 0.25) is 0 Å². The Morgan fingerprint density at radius 3 is 2.74 bits per heavy atom. The normalized spacial score (nSPS) is 25.4. The number of hydrogen-bond acceptors (Lipinski definition) is 4. The molecule has 2 aliphatic heterocycles. The van der Waals surface area contributed by atoms with Gasteiger partial charge in [-0.25, -0.2) is 4.99 Å². The average Bonchev–Trinajstić information content (AvgIpc) is 3.40. The number of benzene rings is 3. The highest BCUT2D eigenvalue weighted by Gasteiger charge is 2.34. The van der Waals surface area contributed by atoms with Gasteiger partial charge in [-0.3, -0.25) is 4.99 Å². The molecule has 3 aliphatic rings. The van der Waals surface area contributed by atoms with Crippen molar-refractivity contribution >= 4 is 54.1 Å². The van der Waals surface area contributed by atoms with Crippen LogP contribution in [0.4, 0.5) is 0 Å². The second-order valence-corrected chi connectivity index (χ2v) is 11.0. The molecular weight excluding hydrogens is 472 g/mol. The predicted octanol–water partition coefficient (Wildman–Crippen LogP) is 8.21. The number of fused-ring (bicyclic) bond motifs is 6. The fraction of sp³-hybridized carbons (Fsp3) is 0.200. The van der Waals surface area contributed by atoms with Gasteiger partial charge in [0, 0.05) is 43.1 Å². The molecule has 0 spiro atoms. The number of rotatable bonds is 2. The fourth-order valence-electron chi connectivity index (χ4n) is 5.37. The number of ether oxygens (including phenoxy) is 1. The van der Waals surface area contributed by atoms with E-state index in [4.69, 9.17) is 26.3 Å².